The summed E-state index contributed by atoms with van der Waals surface area (Å²) in [7, 11) is 0. The molecule has 0 unspecified atom stereocenters. The van der Waals surface area contributed by atoms with Crippen LogP contribution in [0.3, 0.4) is 0 Å². The molecule has 132 valence electrons. The van der Waals surface area contributed by atoms with E-state index in [9.17, 15) is 0 Å². The Bertz CT molecular complexity index is 1050. The molecular formula is C20H19IN4O. The first-order valence-corrected chi connectivity index (χ1v) is 9.68. The van der Waals surface area contributed by atoms with Crippen LogP contribution in [0.25, 0.3) is 22.2 Å². The molecule has 5 nitrogen and oxygen atoms in total. The van der Waals surface area contributed by atoms with Gasteiger partial charge in [-0.1, -0.05) is 18.1 Å². The highest BCUT2D eigenvalue weighted by atomic mass is 127. The number of nitrogens with zero attached hydrogens (tertiary/aromatic N) is 4. The molecule has 4 rings (SSSR count). The third-order valence-corrected chi connectivity index (χ3v) is 5.49. The summed E-state index contributed by atoms with van der Waals surface area (Å²) in [5.74, 6) is 0.813. The highest BCUT2D eigenvalue weighted by Gasteiger charge is 2.20. The van der Waals surface area contributed by atoms with Gasteiger partial charge in [-0.3, -0.25) is 9.97 Å². The van der Waals surface area contributed by atoms with Crippen LogP contribution in [0, 0.1) is 17.4 Å². The Morgan fingerprint density at radius 1 is 1.23 bits per heavy atom. The lowest BCUT2D eigenvalue weighted by Gasteiger charge is -2.18. The Hall–Kier alpha value is -2.22. The molecule has 4 aromatic heterocycles. The van der Waals surface area contributed by atoms with Gasteiger partial charge >= 0.3 is 0 Å². The second kappa shape index (κ2) is 6.83. The molecule has 6 heteroatoms. The lowest BCUT2D eigenvalue weighted by atomic mass is 10.1. The normalized spacial score (nSPS) is 12.6. The van der Waals surface area contributed by atoms with Crippen molar-refractivity contribution < 1.29 is 4.52 Å². The molecule has 4 heterocycles. The van der Waals surface area contributed by atoms with Gasteiger partial charge in [-0.25, -0.2) is 0 Å². The van der Waals surface area contributed by atoms with Gasteiger partial charge in [-0.05, 0) is 61.1 Å². The summed E-state index contributed by atoms with van der Waals surface area (Å²) >= 11 is 2.35. The number of fused-ring (bicyclic) bond motifs is 1. The number of hydrogen-bond acceptors (Lipinski definition) is 4. The molecule has 0 amide bonds. The van der Waals surface area contributed by atoms with Gasteiger partial charge in [0.1, 0.15) is 11.3 Å². The maximum absolute atomic E-state index is 5.34. The van der Waals surface area contributed by atoms with Crippen molar-refractivity contribution in [3.63, 3.8) is 0 Å². The lowest BCUT2D eigenvalue weighted by Crippen LogP contribution is -2.10. The first kappa shape index (κ1) is 17.2. The Morgan fingerprint density at radius 3 is 2.73 bits per heavy atom. The average molecular weight is 458 g/mol. The zero-order valence-corrected chi connectivity index (χ0v) is 17.1. The van der Waals surface area contributed by atoms with Crippen LogP contribution in [0.4, 0.5) is 0 Å². The number of rotatable bonds is 4. The molecule has 0 N–H and O–H groups in total. The van der Waals surface area contributed by atoms with Crippen molar-refractivity contribution in [3.8, 4) is 11.1 Å². The maximum atomic E-state index is 5.34. The van der Waals surface area contributed by atoms with E-state index in [0.717, 1.165) is 49.3 Å². The van der Waals surface area contributed by atoms with Gasteiger partial charge in [0.15, 0.2) is 0 Å². The first-order valence-electron chi connectivity index (χ1n) is 8.60. The monoisotopic (exact) mass is 458 g/mol. The Balaban J connectivity index is 1.92. The molecular weight excluding hydrogens is 439 g/mol. The molecule has 0 aliphatic carbocycles. The summed E-state index contributed by atoms with van der Waals surface area (Å²) in [6.45, 7) is 6.08. The fourth-order valence-corrected chi connectivity index (χ4v) is 4.21. The van der Waals surface area contributed by atoms with Gasteiger partial charge in [-0.2, -0.15) is 0 Å². The summed E-state index contributed by atoms with van der Waals surface area (Å²) in [6, 6.07) is 8.42. The standard InChI is InChI=1S/C20H19IN4O/c1-4-17(16-7-5-6-8-22-16)25-11-15(21)20-18(25)9-14(10-23-20)19-12(2)24-26-13(19)3/h5-11,17H,4H2,1-3H3/t17-/m1/s1. The molecule has 0 aliphatic rings. The number of aromatic nitrogens is 4. The van der Waals surface area contributed by atoms with E-state index in [2.05, 4.69) is 62.6 Å². The van der Waals surface area contributed by atoms with Crippen molar-refractivity contribution in [1.29, 1.82) is 0 Å². The molecule has 0 fully saturated rings. The van der Waals surface area contributed by atoms with E-state index < -0.39 is 0 Å². The predicted molar refractivity (Wildman–Crippen MR) is 110 cm³/mol. The van der Waals surface area contributed by atoms with E-state index in [1.165, 1.54) is 0 Å². The molecule has 26 heavy (non-hydrogen) atoms. The number of aryl methyl sites for hydroxylation is 2. The van der Waals surface area contributed by atoms with Crippen LogP contribution in [0.1, 0.15) is 36.5 Å². The Labute approximate surface area is 165 Å². The van der Waals surface area contributed by atoms with E-state index in [1.54, 1.807) is 0 Å². The van der Waals surface area contributed by atoms with Crippen molar-refractivity contribution in [1.82, 2.24) is 19.7 Å². The van der Waals surface area contributed by atoms with E-state index in [4.69, 9.17) is 9.51 Å². The Morgan fingerprint density at radius 2 is 2.08 bits per heavy atom. The zero-order chi connectivity index (χ0) is 18.3. The predicted octanol–water partition coefficient (Wildman–Crippen LogP) is 5.31. The van der Waals surface area contributed by atoms with Crippen molar-refractivity contribution in [2.45, 2.75) is 33.2 Å². The van der Waals surface area contributed by atoms with Gasteiger partial charge in [0, 0.05) is 29.7 Å². The van der Waals surface area contributed by atoms with Gasteiger partial charge in [0.05, 0.1) is 26.5 Å². The number of pyridine rings is 2. The molecule has 4 aromatic rings. The maximum Gasteiger partial charge on any atom is 0.141 e. The smallest absolute Gasteiger partial charge is 0.141 e. The quantitative estimate of drug-likeness (QED) is 0.389. The van der Waals surface area contributed by atoms with Gasteiger partial charge in [0.2, 0.25) is 0 Å². The van der Waals surface area contributed by atoms with Gasteiger partial charge < -0.3 is 9.09 Å². The van der Waals surface area contributed by atoms with Crippen LogP contribution in [0.15, 0.2) is 47.4 Å². The third kappa shape index (κ3) is 2.82. The van der Waals surface area contributed by atoms with E-state index in [1.807, 2.05) is 38.4 Å². The summed E-state index contributed by atoms with van der Waals surface area (Å²) in [4.78, 5) is 9.31. The number of hydrogen-bond donors (Lipinski definition) is 0. The topological polar surface area (TPSA) is 56.7 Å². The van der Waals surface area contributed by atoms with Crippen molar-refractivity contribution in [2.24, 2.45) is 0 Å². The molecule has 0 spiro atoms. The molecule has 0 saturated heterocycles. The lowest BCUT2D eigenvalue weighted by molar-refractivity contribution is 0.393. The first-order chi connectivity index (χ1) is 12.6. The molecule has 0 radical (unpaired) electrons. The van der Waals surface area contributed by atoms with Crippen molar-refractivity contribution in [3.05, 3.63) is 63.6 Å². The average Bonchev–Trinajstić information content (AvgIpc) is 3.16. The van der Waals surface area contributed by atoms with E-state index in [0.29, 0.717) is 0 Å². The van der Waals surface area contributed by atoms with Crippen molar-refractivity contribution in [2.75, 3.05) is 0 Å². The van der Waals surface area contributed by atoms with Gasteiger partial charge in [0.25, 0.3) is 0 Å². The summed E-state index contributed by atoms with van der Waals surface area (Å²) in [5, 5.41) is 4.08. The molecule has 0 saturated carbocycles. The minimum atomic E-state index is 0.170. The minimum absolute atomic E-state index is 0.170. The highest BCUT2D eigenvalue weighted by Crippen LogP contribution is 2.33. The van der Waals surface area contributed by atoms with Crippen LogP contribution in [-0.4, -0.2) is 19.7 Å². The molecule has 0 aliphatic heterocycles. The van der Waals surface area contributed by atoms with Crippen LogP contribution in [0.2, 0.25) is 0 Å². The second-order valence-corrected chi connectivity index (χ2v) is 7.52. The third-order valence-electron chi connectivity index (χ3n) is 4.70. The summed E-state index contributed by atoms with van der Waals surface area (Å²) < 4.78 is 8.76. The van der Waals surface area contributed by atoms with Crippen molar-refractivity contribution >= 4 is 33.6 Å². The Kier molecular flexibility index (Phi) is 4.52. The summed E-state index contributed by atoms with van der Waals surface area (Å²) in [6.07, 6.45) is 6.87. The SMILES string of the molecule is CC[C@H](c1ccccn1)n1cc(I)c2ncc(-c3c(C)noc3C)cc21. The zero-order valence-electron chi connectivity index (χ0n) is 14.9. The van der Waals surface area contributed by atoms with Crippen LogP contribution in [-0.2, 0) is 0 Å². The van der Waals surface area contributed by atoms with Gasteiger partial charge in [-0.15, -0.1) is 0 Å². The second-order valence-electron chi connectivity index (χ2n) is 6.35. The van der Waals surface area contributed by atoms with Crippen LogP contribution >= 0.6 is 22.6 Å². The largest absolute Gasteiger partial charge is 0.361 e. The van der Waals surface area contributed by atoms with Crippen LogP contribution < -0.4 is 0 Å². The fraction of sp³-hybridized carbons (Fsp3) is 0.250. The highest BCUT2D eigenvalue weighted by molar-refractivity contribution is 14.1. The molecule has 0 bridgehead atoms. The van der Waals surface area contributed by atoms with E-state index in [-0.39, 0.29) is 6.04 Å². The summed E-state index contributed by atoms with van der Waals surface area (Å²) in [5.41, 5.74) is 6.10. The number of halogens is 1. The molecule has 0 aromatic carbocycles. The fourth-order valence-electron chi connectivity index (χ4n) is 3.50. The van der Waals surface area contributed by atoms with E-state index >= 15 is 0 Å². The molecule has 1 atom stereocenters. The van der Waals surface area contributed by atoms with Crippen LogP contribution in [0.5, 0.6) is 0 Å². The minimum Gasteiger partial charge on any atom is -0.361 e.